The minimum absolute atomic E-state index is 0.0242. The number of pyridine rings is 1. The summed E-state index contributed by atoms with van der Waals surface area (Å²) < 4.78 is 0. The number of benzene rings is 1. The summed E-state index contributed by atoms with van der Waals surface area (Å²) >= 11 is 1.67. The lowest BCUT2D eigenvalue weighted by Crippen LogP contribution is -2.45. The summed E-state index contributed by atoms with van der Waals surface area (Å²) in [6.07, 6.45) is 3.62. The van der Waals surface area contributed by atoms with Gasteiger partial charge in [-0.15, -0.1) is 11.8 Å². The third-order valence-electron chi connectivity index (χ3n) is 4.13. The second-order valence-corrected chi connectivity index (χ2v) is 7.47. The van der Waals surface area contributed by atoms with E-state index in [-0.39, 0.29) is 18.5 Å². The molecule has 0 saturated heterocycles. The van der Waals surface area contributed by atoms with Crippen LogP contribution in [-0.4, -0.2) is 40.7 Å². The molecule has 0 radical (unpaired) electrons. The average Bonchev–Trinajstić information content (AvgIpc) is 2.69. The smallest absolute Gasteiger partial charge is 0.315 e. The summed E-state index contributed by atoms with van der Waals surface area (Å²) in [6.45, 7) is 4.68. The monoisotopic (exact) mass is 401 g/mol. The minimum atomic E-state index is -0.404. The van der Waals surface area contributed by atoms with Crippen LogP contribution in [0.3, 0.4) is 0 Å². The maximum Gasteiger partial charge on any atom is 0.315 e. The first-order valence-corrected chi connectivity index (χ1v) is 10.3. The first-order chi connectivity index (χ1) is 13.4. The number of hydrogen-bond donors (Lipinski definition) is 3. The van der Waals surface area contributed by atoms with Gasteiger partial charge < -0.3 is 21.3 Å². The molecular weight excluding hydrogens is 374 g/mol. The molecule has 2 aromatic rings. The number of rotatable bonds is 8. The summed E-state index contributed by atoms with van der Waals surface area (Å²) in [5, 5.41) is 5.32. The van der Waals surface area contributed by atoms with Gasteiger partial charge in [-0.2, -0.15) is 0 Å². The fourth-order valence-corrected chi connectivity index (χ4v) is 3.05. The van der Waals surface area contributed by atoms with Gasteiger partial charge in [0.25, 0.3) is 0 Å². The summed E-state index contributed by atoms with van der Waals surface area (Å²) in [7, 11) is 0. The van der Waals surface area contributed by atoms with Gasteiger partial charge in [-0.05, 0) is 49.4 Å². The second-order valence-electron chi connectivity index (χ2n) is 6.59. The van der Waals surface area contributed by atoms with Crippen LogP contribution in [0.5, 0.6) is 0 Å². The molecule has 0 unspecified atom stereocenters. The van der Waals surface area contributed by atoms with Crippen molar-refractivity contribution >= 4 is 29.5 Å². The number of nitrogen functional groups attached to an aromatic ring is 1. The van der Waals surface area contributed by atoms with Gasteiger partial charge >= 0.3 is 6.03 Å². The maximum absolute atomic E-state index is 12.6. The summed E-state index contributed by atoms with van der Waals surface area (Å²) in [4.78, 5) is 31.5. The van der Waals surface area contributed by atoms with E-state index < -0.39 is 6.03 Å². The van der Waals surface area contributed by atoms with Gasteiger partial charge in [-0.25, -0.2) is 9.78 Å². The molecule has 2 rings (SSSR count). The molecule has 1 aromatic carbocycles. The van der Waals surface area contributed by atoms with E-state index >= 15 is 0 Å². The zero-order chi connectivity index (χ0) is 20.5. The highest BCUT2D eigenvalue weighted by Gasteiger charge is 2.18. The Morgan fingerprint density at radius 1 is 1.18 bits per heavy atom. The third-order valence-corrected chi connectivity index (χ3v) is 4.86. The van der Waals surface area contributed by atoms with Crippen molar-refractivity contribution in [2.75, 3.05) is 18.5 Å². The molecule has 4 N–H and O–H groups in total. The predicted octanol–water partition coefficient (Wildman–Crippen LogP) is 2.62. The van der Waals surface area contributed by atoms with E-state index in [1.165, 1.54) is 0 Å². The van der Waals surface area contributed by atoms with E-state index in [1.54, 1.807) is 35.0 Å². The van der Waals surface area contributed by atoms with Crippen molar-refractivity contribution in [1.29, 1.82) is 0 Å². The Labute approximate surface area is 170 Å². The number of nitrogens with zero attached hydrogens (tertiary/aromatic N) is 2. The Morgan fingerprint density at radius 3 is 2.61 bits per heavy atom. The van der Waals surface area contributed by atoms with Crippen LogP contribution in [0.15, 0.2) is 47.5 Å². The predicted molar refractivity (Wildman–Crippen MR) is 113 cm³/mol. The number of nitrogens with one attached hydrogen (secondary N) is 2. The first kappa shape index (κ1) is 21.6. The molecule has 3 amide bonds. The second kappa shape index (κ2) is 10.6. The van der Waals surface area contributed by atoms with Gasteiger partial charge in [0.15, 0.2) is 0 Å². The zero-order valence-corrected chi connectivity index (χ0v) is 17.3. The number of carbonyl (C=O) groups excluding carboxylic acids is 2. The van der Waals surface area contributed by atoms with Gasteiger partial charge in [-0.1, -0.05) is 18.2 Å². The van der Waals surface area contributed by atoms with E-state index in [0.29, 0.717) is 18.9 Å². The highest BCUT2D eigenvalue weighted by atomic mass is 32.2. The number of nitrogens with two attached hydrogens (primary N) is 1. The Balaban J connectivity index is 1.85. The van der Waals surface area contributed by atoms with Crippen LogP contribution in [0.1, 0.15) is 25.0 Å². The molecule has 28 heavy (non-hydrogen) atoms. The normalized spacial score (nSPS) is 10.6. The largest absolute Gasteiger partial charge is 0.384 e. The summed E-state index contributed by atoms with van der Waals surface area (Å²) in [6, 6.07) is 11.2. The van der Waals surface area contributed by atoms with E-state index in [1.807, 2.05) is 38.3 Å². The molecule has 0 fully saturated rings. The van der Waals surface area contributed by atoms with Crippen molar-refractivity contribution in [1.82, 2.24) is 20.5 Å². The van der Waals surface area contributed by atoms with Gasteiger partial charge in [0, 0.05) is 30.2 Å². The van der Waals surface area contributed by atoms with E-state index in [4.69, 9.17) is 5.73 Å². The van der Waals surface area contributed by atoms with Crippen molar-refractivity contribution < 1.29 is 9.59 Å². The van der Waals surface area contributed by atoms with Gasteiger partial charge in [0.2, 0.25) is 5.91 Å². The van der Waals surface area contributed by atoms with E-state index in [0.717, 1.165) is 16.0 Å². The molecule has 1 heterocycles. The van der Waals surface area contributed by atoms with Crippen LogP contribution in [-0.2, 0) is 17.9 Å². The van der Waals surface area contributed by atoms with Gasteiger partial charge in [-0.3, -0.25) is 4.79 Å². The van der Waals surface area contributed by atoms with Crippen molar-refractivity contribution in [3.8, 4) is 0 Å². The topological polar surface area (TPSA) is 100 Å². The molecule has 0 aliphatic carbocycles. The zero-order valence-electron chi connectivity index (χ0n) is 16.4. The SMILES string of the molecule is CSc1cccc(CN(C(=O)CNC(=O)NCc2ccc(N)nc2)C(C)C)c1. The fraction of sp³-hybridized carbons (Fsp3) is 0.350. The molecule has 7 nitrogen and oxygen atoms in total. The molecule has 0 spiro atoms. The standard InChI is InChI=1S/C20H27N5O2S/c1-14(2)25(13-15-5-4-6-17(9-15)28-3)19(26)12-24-20(27)23-11-16-7-8-18(21)22-10-16/h4-10,14H,11-13H2,1-3H3,(H2,21,22)(H2,23,24,27). The van der Waals surface area contributed by atoms with Gasteiger partial charge in [0.1, 0.15) is 5.82 Å². The molecule has 1 aromatic heterocycles. The number of hydrogen-bond acceptors (Lipinski definition) is 5. The molecule has 0 aliphatic rings. The maximum atomic E-state index is 12.6. The number of amides is 3. The molecule has 0 saturated carbocycles. The van der Waals surface area contributed by atoms with Crippen LogP contribution < -0.4 is 16.4 Å². The van der Waals surface area contributed by atoms with Crippen molar-refractivity contribution in [3.63, 3.8) is 0 Å². The van der Waals surface area contributed by atoms with Crippen LogP contribution >= 0.6 is 11.8 Å². The Hall–Kier alpha value is -2.74. The molecular formula is C20H27N5O2S. The van der Waals surface area contributed by atoms with E-state index in [9.17, 15) is 9.59 Å². The van der Waals surface area contributed by atoms with Crippen LogP contribution in [0.2, 0.25) is 0 Å². The quantitative estimate of drug-likeness (QED) is 0.591. The van der Waals surface area contributed by atoms with E-state index in [2.05, 4.69) is 21.7 Å². The Morgan fingerprint density at radius 2 is 1.96 bits per heavy atom. The minimum Gasteiger partial charge on any atom is -0.384 e. The lowest BCUT2D eigenvalue weighted by atomic mass is 10.2. The first-order valence-electron chi connectivity index (χ1n) is 9.03. The number of carbonyl (C=O) groups is 2. The summed E-state index contributed by atoms with van der Waals surface area (Å²) in [5.74, 6) is 0.296. The van der Waals surface area contributed by atoms with Gasteiger partial charge in [0.05, 0.1) is 6.54 Å². The number of urea groups is 1. The summed E-state index contributed by atoms with van der Waals surface area (Å²) in [5.41, 5.74) is 7.42. The Kier molecular flexibility index (Phi) is 8.13. The fourth-order valence-electron chi connectivity index (χ4n) is 2.57. The van der Waals surface area contributed by atoms with Crippen molar-refractivity contribution in [2.24, 2.45) is 0 Å². The van der Waals surface area contributed by atoms with Crippen LogP contribution in [0.25, 0.3) is 0 Å². The number of anilines is 1. The molecule has 0 aliphatic heterocycles. The van der Waals surface area contributed by atoms with Crippen molar-refractivity contribution in [2.45, 2.75) is 37.9 Å². The van der Waals surface area contributed by atoms with Crippen molar-refractivity contribution in [3.05, 3.63) is 53.7 Å². The average molecular weight is 402 g/mol. The number of aromatic nitrogens is 1. The molecule has 8 heteroatoms. The highest BCUT2D eigenvalue weighted by Crippen LogP contribution is 2.17. The molecule has 0 atom stereocenters. The third kappa shape index (κ3) is 6.77. The highest BCUT2D eigenvalue weighted by molar-refractivity contribution is 7.98. The Bertz CT molecular complexity index is 795. The number of thioether (sulfide) groups is 1. The molecule has 0 bridgehead atoms. The lowest BCUT2D eigenvalue weighted by Gasteiger charge is -2.27. The van der Waals surface area contributed by atoms with Crippen LogP contribution in [0, 0.1) is 0 Å². The lowest BCUT2D eigenvalue weighted by molar-refractivity contribution is -0.132. The molecule has 150 valence electrons. The van der Waals surface area contributed by atoms with Crippen LogP contribution in [0.4, 0.5) is 10.6 Å².